The second-order valence-electron chi connectivity index (χ2n) is 4.77. The Labute approximate surface area is 142 Å². The fraction of sp³-hybridized carbons (Fsp3) is 0.231. The summed E-state index contributed by atoms with van der Waals surface area (Å²) in [4.78, 5) is 14.7. The summed E-state index contributed by atoms with van der Waals surface area (Å²) in [7, 11) is 0. The third kappa shape index (κ3) is 3.48. The highest BCUT2D eigenvalue weighted by atomic mass is 32.1. The highest BCUT2D eigenvalue weighted by molar-refractivity contribution is 7.14. The first-order chi connectivity index (χ1) is 11.8. The van der Waals surface area contributed by atoms with Gasteiger partial charge in [0, 0.05) is 10.9 Å². The first-order valence-electron chi connectivity index (χ1n) is 6.32. The highest BCUT2D eigenvalue weighted by Gasteiger charge is 2.76. The zero-order valence-electron chi connectivity index (χ0n) is 12.0. The molecule has 0 saturated carbocycles. The van der Waals surface area contributed by atoms with Crippen LogP contribution in [-0.4, -0.2) is 28.9 Å². The maximum absolute atomic E-state index is 13.2. The van der Waals surface area contributed by atoms with Crippen LogP contribution in [0.15, 0.2) is 23.6 Å². The predicted molar refractivity (Wildman–Crippen MR) is 72.0 cm³/mol. The lowest BCUT2D eigenvalue weighted by molar-refractivity contribution is -0.343. The van der Waals surface area contributed by atoms with E-state index in [2.05, 4.69) is 4.98 Å². The molecule has 2 rings (SSSR count). The lowest BCUT2D eigenvalue weighted by Crippen LogP contribution is -2.57. The van der Waals surface area contributed by atoms with E-state index in [0.717, 1.165) is 22.8 Å². The summed E-state index contributed by atoms with van der Waals surface area (Å²) in [6.45, 7) is 0. The molecule has 1 aromatic heterocycles. The number of amides is 1. The highest BCUT2D eigenvalue weighted by Crippen LogP contribution is 2.47. The minimum atomic E-state index is -6.66. The van der Waals surface area contributed by atoms with Gasteiger partial charge in [0.25, 0.3) is 0 Å². The van der Waals surface area contributed by atoms with Crippen LogP contribution < -0.4 is 5.32 Å². The quantitative estimate of drug-likeness (QED) is 0.735. The molecule has 13 heteroatoms. The number of rotatable bonds is 4. The van der Waals surface area contributed by atoms with Crippen molar-refractivity contribution in [2.45, 2.75) is 18.0 Å². The Hall–Kier alpha value is -2.31. The van der Waals surface area contributed by atoms with E-state index >= 15 is 0 Å². The zero-order chi connectivity index (χ0) is 19.9. The summed E-state index contributed by atoms with van der Waals surface area (Å²) in [5.74, 6) is -18.1. The summed E-state index contributed by atoms with van der Waals surface area (Å²) in [6.07, 6.45) is -6.66. The number of benzene rings is 1. The van der Waals surface area contributed by atoms with Crippen molar-refractivity contribution in [2.75, 3.05) is 5.32 Å². The summed E-state index contributed by atoms with van der Waals surface area (Å²) in [5, 5.41) is 1.46. The van der Waals surface area contributed by atoms with Gasteiger partial charge < -0.3 is 0 Å². The summed E-state index contributed by atoms with van der Waals surface area (Å²) >= 11 is 0.398. The number of nitrogens with zero attached hydrogens (tertiary/aromatic N) is 1. The Balaban J connectivity index is 2.23. The predicted octanol–water partition coefficient (Wildman–Crippen LogP) is 4.86. The van der Waals surface area contributed by atoms with E-state index in [1.807, 2.05) is 0 Å². The van der Waals surface area contributed by atoms with Crippen LogP contribution in [0, 0.1) is 11.6 Å². The fourth-order valence-corrected chi connectivity index (χ4v) is 2.33. The first kappa shape index (κ1) is 20.0. The fourth-order valence-electron chi connectivity index (χ4n) is 1.62. The van der Waals surface area contributed by atoms with E-state index in [9.17, 15) is 44.3 Å². The van der Waals surface area contributed by atoms with Gasteiger partial charge in [-0.1, -0.05) is 0 Å². The minimum absolute atomic E-state index is 0.0481. The SMILES string of the molecule is O=C(Nc1nc(-c2ccc(F)c(F)c2)cs1)C(F)(F)C(F)(F)C(F)(F)F. The minimum Gasteiger partial charge on any atom is -0.296 e. The van der Waals surface area contributed by atoms with Crippen LogP contribution in [0.5, 0.6) is 0 Å². The number of aromatic nitrogens is 1. The van der Waals surface area contributed by atoms with E-state index in [4.69, 9.17) is 0 Å². The molecule has 1 N–H and O–H groups in total. The largest absolute Gasteiger partial charge is 0.460 e. The van der Waals surface area contributed by atoms with Gasteiger partial charge in [0.1, 0.15) is 0 Å². The molecule has 0 atom stereocenters. The Kier molecular flexibility index (Phi) is 4.96. The van der Waals surface area contributed by atoms with Crippen molar-refractivity contribution in [2.24, 2.45) is 0 Å². The lowest BCUT2D eigenvalue weighted by atomic mass is 10.1. The molecule has 1 amide bonds. The van der Waals surface area contributed by atoms with E-state index < -0.39 is 40.7 Å². The Bertz CT molecular complexity index is 831. The van der Waals surface area contributed by atoms with Crippen molar-refractivity contribution in [3.63, 3.8) is 0 Å². The average molecular weight is 408 g/mol. The van der Waals surface area contributed by atoms with Crippen molar-refractivity contribution >= 4 is 22.4 Å². The Morgan fingerprint density at radius 1 is 1.00 bits per heavy atom. The van der Waals surface area contributed by atoms with E-state index in [-0.39, 0.29) is 11.3 Å². The number of hydrogen-bond donors (Lipinski definition) is 1. The molecule has 0 aliphatic carbocycles. The molecule has 0 saturated heterocycles. The van der Waals surface area contributed by atoms with Gasteiger partial charge in [0.15, 0.2) is 16.8 Å². The molecule has 26 heavy (non-hydrogen) atoms. The van der Waals surface area contributed by atoms with Gasteiger partial charge in [-0.25, -0.2) is 13.8 Å². The normalized spacial score (nSPS) is 13.0. The van der Waals surface area contributed by atoms with Crippen LogP contribution >= 0.6 is 11.3 Å². The van der Waals surface area contributed by atoms with Gasteiger partial charge in [-0.05, 0) is 18.2 Å². The third-order valence-electron chi connectivity index (χ3n) is 2.98. The molecule has 0 radical (unpaired) electrons. The van der Waals surface area contributed by atoms with Crippen molar-refractivity contribution < 1.29 is 44.3 Å². The smallest absolute Gasteiger partial charge is 0.296 e. The van der Waals surface area contributed by atoms with Crippen molar-refractivity contribution in [3.8, 4) is 11.3 Å². The summed E-state index contributed by atoms with van der Waals surface area (Å²) in [6, 6.07) is 2.45. The molecule has 0 spiro atoms. The molecule has 1 aromatic carbocycles. The molecular weight excluding hydrogens is 403 g/mol. The van der Waals surface area contributed by atoms with Gasteiger partial charge >= 0.3 is 23.9 Å². The molecule has 0 bridgehead atoms. The number of halogens is 9. The van der Waals surface area contributed by atoms with Crippen molar-refractivity contribution in [3.05, 3.63) is 35.2 Å². The Morgan fingerprint density at radius 3 is 2.15 bits per heavy atom. The number of nitrogens with one attached hydrogen (secondary N) is 1. The molecule has 0 unspecified atom stereocenters. The lowest BCUT2D eigenvalue weighted by Gasteiger charge is -2.26. The molecule has 2 aromatic rings. The molecule has 142 valence electrons. The number of carbonyl (C=O) groups excluding carboxylic acids is 1. The Morgan fingerprint density at radius 2 is 1.62 bits per heavy atom. The maximum atomic E-state index is 13.2. The van der Waals surface area contributed by atoms with Crippen LogP contribution in [-0.2, 0) is 4.79 Å². The van der Waals surface area contributed by atoms with Gasteiger partial charge in [0.2, 0.25) is 0 Å². The van der Waals surface area contributed by atoms with Crippen LogP contribution in [0.25, 0.3) is 11.3 Å². The molecule has 3 nitrogen and oxygen atoms in total. The standard InChI is InChI=1S/C13H5F9N2OS/c14-6-2-1-5(3-7(6)15)8-4-26-10(23-8)24-9(25)11(16,17)12(18,19)13(20,21)22/h1-4H,(H,23,24,25). The maximum Gasteiger partial charge on any atom is 0.460 e. The number of alkyl halides is 7. The monoisotopic (exact) mass is 408 g/mol. The number of thiazole rings is 1. The van der Waals surface area contributed by atoms with Crippen molar-refractivity contribution in [1.82, 2.24) is 4.98 Å². The van der Waals surface area contributed by atoms with Crippen LogP contribution in [0.2, 0.25) is 0 Å². The second-order valence-corrected chi connectivity index (χ2v) is 5.63. The topological polar surface area (TPSA) is 42.0 Å². The molecular formula is C13H5F9N2OS. The number of carbonyl (C=O) groups is 1. The molecule has 1 heterocycles. The van der Waals surface area contributed by atoms with Gasteiger partial charge in [-0.3, -0.25) is 10.1 Å². The van der Waals surface area contributed by atoms with E-state index in [1.54, 1.807) is 0 Å². The zero-order valence-corrected chi connectivity index (χ0v) is 12.8. The molecule has 0 aliphatic rings. The molecule has 0 fully saturated rings. The number of hydrogen-bond acceptors (Lipinski definition) is 3. The summed E-state index contributed by atoms with van der Waals surface area (Å²) in [5.41, 5.74) is -0.205. The van der Waals surface area contributed by atoms with Gasteiger partial charge in [0.05, 0.1) is 5.69 Å². The average Bonchev–Trinajstić information content (AvgIpc) is 2.97. The van der Waals surface area contributed by atoms with Gasteiger partial charge in [-0.15, -0.1) is 11.3 Å². The van der Waals surface area contributed by atoms with Crippen LogP contribution in [0.4, 0.5) is 44.6 Å². The number of anilines is 1. The first-order valence-corrected chi connectivity index (χ1v) is 7.20. The summed E-state index contributed by atoms with van der Waals surface area (Å²) < 4.78 is 114. The van der Waals surface area contributed by atoms with E-state index in [0.29, 0.717) is 17.4 Å². The van der Waals surface area contributed by atoms with E-state index in [1.165, 1.54) is 0 Å². The third-order valence-corrected chi connectivity index (χ3v) is 3.73. The molecule has 0 aliphatic heterocycles. The van der Waals surface area contributed by atoms with Gasteiger partial charge in [-0.2, -0.15) is 30.7 Å². The second kappa shape index (κ2) is 6.45. The van der Waals surface area contributed by atoms with Crippen LogP contribution in [0.3, 0.4) is 0 Å². The van der Waals surface area contributed by atoms with Crippen molar-refractivity contribution in [1.29, 1.82) is 0 Å². The van der Waals surface area contributed by atoms with Crippen LogP contribution in [0.1, 0.15) is 0 Å².